The van der Waals surface area contributed by atoms with Crippen molar-refractivity contribution in [1.29, 1.82) is 0 Å². The fourth-order valence-corrected chi connectivity index (χ4v) is 3.26. The summed E-state index contributed by atoms with van der Waals surface area (Å²) in [5.41, 5.74) is 2.60. The number of amides is 1. The number of fused-ring (bicyclic) bond motifs is 1. The molecule has 0 spiro atoms. The number of benzene rings is 1. The van der Waals surface area contributed by atoms with E-state index in [1.54, 1.807) is 0 Å². The molecule has 2 aliphatic rings. The summed E-state index contributed by atoms with van der Waals surface area (Å²) in [6, 6.07) is 8.27. The molecule has 0 saturated carbocycles. The van der Waals surface area contributed by atoms with Gasteiger partial charge in [-0.15, -0.1) is 0 Å². The van der Waals surface area contributed by atoms with Gasteiger partial charge in [-0.25, -0.2) is 0 Å². The molecule has 1 unspecified atom stereocenters. The standard InChI is InChI=1S/C17H24N2O2/c1-2-19(12-15-8-5-9-21-15)17(20)16-10-13-6-3-4-7-14(13)11-18-16/h3-4,6-7,15-16,18H,2,5,8-12H2,1H3/t15?,16-/m1/s1. The van der Waals surface area contributed by atoms with E-state index in [0.717, 1.165) is 45.5 Å². The Morgan fingerprint density at radius 1 is 1.38 bits per heavy atom. The molecule has 21 heavy (non-hydrogen) atoms. The average molecular weight is 288 g/mol. The van der Waals surface area contributed by atoms with Gasteiger partial charge in [-0.1, -0.05) is 24.3 Å². The fourth-order valence-electron chi connectivity index (χ4n) is 3.26. The molecule has 2 atom stereocenters. The zero-order chi connectivity index (χ0) is 14.7. The second kappa shape index (κ2) is 6.58. The lowest BCUT2D eigenvalue weighted by atomic mass is 9.95. The Labute approximate surface area is 126 Å². The number of nitrogens with one attached hydrogen (secondary N) is 1. The lowest BCUT2D eigenvalue weighted by Crippen LogP contribution is -2.51. The van der Waals surface area contributed by atoms with Crippen LogP contribution in [0.25, 0.3) is 0 Å². The Morgan fingerprint density at radius 2 is 2.19 bits per heavy atom. The highest BCUT2D eigenvalue weighted by atomic mass is 16.5. The van der Waals surface area contributed by atoms with E-state index in [1.165, 1.54) is 11.1 Å². The quantitative estimate of drug-likeness (QED) is 0.917. The van der Waals surface area contributed by atoms with Crippen molar-refractivity contribution in [1.82, 2.24) is 10.2 Å². The minimum Gasteiger partial charge on any atom is -0.376 e. The summed E-state index contributed by atoms with van der Waals surface area (Å²) >= 11 is 0. The van der Waals surface area contributed by atoms with Crippen LogP contribution in [0.2, 0.25) is 0 Å². The monoisotopic (exact) mass is 288 g/mol. The molecular formula is C17H24N2O2. The maximum absolute atomic E-state index is 12.7. The number of carbonyl (C=O) groups is 1. The first kappa shape index (κ1) is 14.5. The molecule has 2 heterocycles. The molecule has 0 bridgehead atoms. The first-order valence-electron chi connectivity index (χ1n) is 7.98. The Kier molecular flexibility index (Phi) is 4.56. The van der Waals surface area contributed by atoms with Crippen molar-refractivity contribution in [3.05, 3.63) is 35.4 Å². The van der Waals surface area contributed by atoms with Crippen molar-refractivity contribution < 1.29 is 9.53 Å². The second-order valence-electron chi connectivity index (χ2n) is 5.92. The smallest absolute Gasteiger partial charge is 0.240 e. The lowest BCUT2D eigenvalue weighted by molar-refractivity contribution is -0.135. The molecule has 2 aliphatic heterocycles. The van der Waals surface area contributed by atoms with Crippen LogP contribution in [-0.4, -0.2) is 42.6 Å². The van der Waals surface area contributed by atoms with Gasteiger partial charge in [0.25, 0.3) is 0 Å². The predicted molar refractivity (Wildman–Crippen MR) is 82.0 cm³/mol. The molecule has 3 rings (SSSR count). The number of rotatable bonds is 4. The van der Waals surface area contributed by atoms with Crippen LogP contribution in [0.1, 0.15) is 30.9 Å². The van der Waals surface area contributed by atoms with Crippen molar-refractivity contribution >= 4 is 5.91 Å². The summed E-state index contributed by atoms with van der Waals surface area (Å²) < 4.78 is 5.66. The van der Waals surface area contributed by atoms with Gasteiger partial charge in [-0.2, -0.15) is 0 Å². The Bertz CT molecular complexity index is 497. The van der Waals surface area contributed by atoms with Crippen LogP contribution in [0.5, 0.6) is 0 Å². The molecule has 0 radical (unpaired) electrons. The van der Waals surface area contributed by atoms with Crippen molar-refractivity contribution in [2.75, 3.05) is 19.7 Å². The highest BCUT2D eigenvalue weighted by Crippen LogP contribution is 2.19. The molecule has 1 fully saturated rings. The van der Waals surface area contributed by atoms with Gasteiger partial charge >= 0.3 is 0 Å². The second-order valence-corrected chi connectivity index (χ2v) is 5.92. The summed E-state index contributed by atoms with van der Waals surface area (Å²) in [4.78, 5) is 14.7. The number of ether oxygens (including phenoxy) is 1. The summed E-state index contributed by atoms with van der Waals surface area (Å²) in [7, 11) is 0. The summed E-state index contributed by atoms with van der Waals surface area (Å²) in [5, 5.41) is 3.38. The largest absolute Gasteiger partial charge is 0.376 e. The third-order valence-corrected chi connectivity index (χ3v) is 4.52. The van der Waals surface area contributed by atoms with E-state index in [9.17, 15) is 4.79 Å². The summed E-state index contributed by atoms with van der Waals surface area (Å²) in [6.45, 7) is 5.15. The average Bonchev–Trinajstić information content (AvgIpc) is 3.04. The van der Waals surface area contributed by atoms with Gasteiger partial charge in [0.05, 0.1) is 12.1 Å². The van der Waals surface area contributed by atoms with Crippen molar-refractivity contribution in [2.45, 2.75) is 44.9 Å². The summed E-state index contributed by atoms with van der Waals surface area (Å²) in [6.07, 6.45) is 3.21. The molecule has 1 aromatic carbocycles. The molecule has 4 nitrogen and oxygen atoms in total. The molecule has 1 amide bonds. The van der Waals surface area contributed by atoms with Crippen LogP contribution in [0, 0.1) is 0 Å². The van der Waals surface area contributed by atoms with E-state index in [2.05, 4.69) is 29.6 Å². The molecule has 1 aromatic rings. The topological polar surface area (TPSA) is 41.6 Å². The molecule has 1 N–H and O–H groups in total. The minimum absolute atomic E-state index is 0.0961. The van der Waals surface area contributed by atoms with Gasteiger partial charge in [-0.05, 0) is 37.3 Å². The molecule has 114 valence electrons. The first-order valence-corrected chi connectivity index (χ1v) is 7.98. The zero-order valence-corrected chi connectivity index (χ0v) is 12.7. The normalized spacial score (nSPS) is 24.6. The highest BCUT2D eigenvalue weighted by Gasteiger charge is 2.29. The van der Waals surface area contributed by atoms with Gasteiger partial charge in [0.15, 0.2) is 0 Å². The third-order valence-electron chi connectivity index (χ3n) is 4.52. The Balaban J connectivity index is 1.64. The molecule has 1 saturated heterocycles. The van der Waals surface area contributed by atoms with E-state index < -0.39 is 0 Å². The van der Waals surface area contributed by atoms with Gasteiger partial charge in [0.1, 0.15) is 0 Å². The maximum atomic E-state index is 12.7. The number of nitrogens with zero attached hydrogens (tertiary/aromatic N) is 1. The van der Waals surface area contributed by atoms with Crippen molar-refractivity contribution in [3.8, 4) is 0 Å². The minimum atomic E-state index is -0.0961. The predicted octanol–water partition coefficient (Wildman–Crippen LogP) is 1.73. The third kappa shape index (κ3) is 3.27. The van der Waals surface area contributed by atoms with Crippen molar-refractivity contribution in [3.63, 3.8) is 0 Å². The van der Waals surface area contributed by atoms with Crippen LogP contribution in [0.4, 0.5) is 0 Å². The van der Waals surface area contributed by atoms with Crippen LogP contribution in [0.15, 0.2) is 24.3 Å². The highest BCUT2D eigenvalue weighted by molar-refractivity contribution is 5.82. The number of carbonyl (C=O) groups excluding carboxylic acids is 1. The van der Waals surface area contributed by atoms with Gasteiger partial charge in [-0.3, -0.25) is 4.79 Å². The van der Waals surface area contributed by atoms with E-state index >= 15 is 0 Å². The molecular weight excluding hydrogens is 264 g/mol. The van der Waals surface area contributed by atoms with Crippen LogP contribution < -0.4 is 5.32 Å². The van der Waals surface area contributed by atoms with Crippen LogP contribution >= 0.6 is 0 Å². The van der Waals surface area contributed by atoms with Crippen LogP contribution in [-0.2, 0) is 22.5 Å². The fraction of sp³-hybridized carbons (Fsp3) is 0.588. The maximum Gasteiger partial charge on any atom is 0.240 e. The van der Waals surface area contributed by atoms with E-state index in [1.807, 2.05) is 11.8 Å². The lowest BCUT2D eigenvalue weighted by Gasteiger charge is -2.31. The van der Waals surface area contributed by atoms with E-state index in [-0.39, 0.29) is 18.1 Å². The number of hydrogen-bond donors (Lipinski definition) is 1. The van der Waals surface area contributed by atoms with E-state index in [4.69, 9.17) is 4.74 Å². The van der Waals surface area contributed by atoms with Gasteiger partial charge < -0.3 is 15.0 Å². The summed E-state index contributed by atoms with van der Waals surface area (Å²) in [5.74, 6) is 0.211. The Hall–Kier alpha value is -1.39. The molecule has 0 aliphatic carbocycles. The van der Waals surface area contributed by atoms with Crippen LogP contribution in [0.3, 0.4) is 0 Å². The molecule has 4 heteroatoms. The zero-order valence-electron chi connectivity index (χ0n) is 12.7. The van der Waals surface area contributed by atoms with Gasteiger partial charge in [0.2, 0.25) is 5.91 Å². The SMILES string of the molecule is CCN(CC1CCCO1)C(=O)[C@H]1Cc2ccccc2CN1. The molecule has 0 aromatic heterocycles. The van der Waals surface area contributed by atoms with Crippen molar-refractivity contribution in [2.24, 2.45) is 0 Å². The number of likely N-dealkylation sites (N-methyl/N-ethyl adjacent to an activating group) is 1. The van der Waals surface area contributed by atoms with Gasteiger partial charge in [0, 0.05) is 26.2 Å². The number of hydrogen-bond acceptors (Lipinski definition) is 3. The first-order chi connectivity index (χ1) is 10.3. The Morgan fingerprint density at radius 3 is 2.90 bits per heavy atom. The van der Waals surface area contributed by atoms with E-state index in [0.29, 0.717) is 0 Å².